The number of nitrogens with zero attached hydrogens (tertiary/aromatic N) is 3. The maximum atomic E-state index is 15.0. The van der Waals surface area contributed by atoms with Gasteiger partial charge >= 0.3 is 6.09 Å². The predicted molar refractivity (Wildman–Crippen MR) is 106 cm³/mol. The Morgan fingerprint density at radius 2 is 1.73 bits per heavy atom. The predicted octanol–water partition coefficient (Wildman–Crippen LogP) is 3.70. The number of fused-ring (bicyclic) bond motifs is 2. The maximum absolute atomic E-state index is 15.0. The van der Waals surface area contributed by atoms with Crippen molar-refractivity contribution in [1.82, 2.24) is 14.9 Å². The normalized spacial score (nSPS) is 25.3. The van der Waals surface area contributed by atoms with Crippen molar-refractivity contribution in [2.24, 2.45) is 11.8 Å². The number of likely N-dealkylation sites (tertiary alicyclic amines) is 1. The summed E-state index contributed by atoms with van der Waals surface area (Å²) in [5.74, 6) is -5.39. The number of benzene rings is 1. The second-order valence-electron chi connectivity index (χ2n) is 8.81. The number of ether oxygens (including phenoxy) is 4. The molecule has 2 atom stereocenters. The second kappa shape index (κ2) is 8.36. The highest BCUT2D eigenvalue weighted by Gasteiger charge is 2.47. The van der Waals surface area contributed by atoms with Gasteiger partial charge in [-0.3, -0.25) is 0 Å². The van der Waals surface area contributed by atoms with Crippen LogP contribution < -0.4 is 9.47 Å². The summed E-state index contributed by atoms with van der Waals surface area (Å²) in [6.07, 6.45) is 1.83. The number of halogens is 3. The summed E-state index contributed by atoms with van der Waals surface area (Å²) in [4.78, 5) is 21.6. The highest BCUT2D eigenvalue weighted by Crippen LogP contribution is 2.40. The van der Waals surface area contributed by atoms with Gasteiger partial charge in [0.05, 0.1) is 13.2 Å². The van der Waals surface area contributed by atoms with Crippen molar-refractivity contribution in [1.29, 1.82) is 0 Å². The average molecular weight is 465 g/mol. The number of hydrogen-bond donors (Lipinski definition) is 0. The van der Waals surface area contributed by atoms with E-state index < -0.39 is 41.1 Å². The molecule has 0 spiro atoms. The van der Waals surface area contributed by atoms with Gasteiger partial charge in [0.1, 0.15) is 18.0 Å². The van der Waals surface area contributed by atoms with Gasteiger partial charge in [0.2, 0.25) is 11.6 Å². The standard InChI is InChI=1S/C22H22F3N3O5/c1-22(5-6-22)33-21(29)28-7-12-9-30-10-13(8-28)17(12)31-19-16(25)20(27-11-26-19)32-18-14(23)3-2-4-15(18)24/h2-4,11-13,17H,5-10H2,1H3. The van der Waals surface area contributed by atoms with Crippen molar-refractivity contribution in [3.8, 4) is 17.5 Å². The summed E-state index contributed by atoms with van der Waals surface area (Å²) in [5.41, 5.74) is -0.381. The first-order valence-corrected chi connectivity index (χ1v) is 10.7. The highest BCUT2D eigenvalue weighted by atomic mass is 19.1. The van der Waals surface area contributed by atoms with Crippen LogP contribution in [0.5, 0.6) is 17.5 Å². The van der Waals surface area contributed by atoms with E-state index in [2.05, 4.69) is 9.97 Å². The summed E-state index contributed by atoms with van der Waals surface area (Å²) in [5, 5.41) is 0. The molecular weight excluding hydrogens is 443 g/mol. The van der Waals surface area contributed by atoms with E-state index in [0.29, 0.717) is 26.3 Å². The number of piperidine rings is 1. The molecule has 8 nitrogen and oxygen atoms in total. The number of amides is 1. The molecule has 3 heterocycles. The quantitative estimate of drug-likeness (QED) is 0.666. The van der Waals surface area contributed by atoms with Crippen LogP contribution in [0.3, 0.4) is 0 Å². The van der Waals surface area contributed by atoms with Gasteiger partial charge in [-0.15, -0.1) is 0 Å². The van der Waals surface area contributed by atoms with Crippen LogP contribution in [0.2, 0.25) is 0 Å². The van der Waals surface area contributed by atoms with Crippen LogP contribution in [0.1, 0.15) is 19.8 Å². The fourth-order valence-electron chi connectivity index (χ4n) is 4.09. The highest BCUT2D eigenvalue weighted by molar-refractivity contribution is 5.68. The SMILES string of the molecule is CC1(OC(=O)N2CC3COCC(C2)C3Oc2ncnc(Oc3c(F)cccc3F)c2F)CC1. The molecule has 1 aromatic carbocycles. The molecule has 0 radical (unpaired) electrons. The van der Waals surface area contributed by atoms with Gasteiger partial charge in [-0.1, -0.05) is 6.07 Å². The van der Waals surface area contributed by atoms with Crippen molar-refractivity contribution in [2.45, 2.75) is 31.5 Å². The van der Waals surface area contributed by atoms with Gasteiger partial charge < -0.3 is 23.8 Å². The summed E-state index contributed by atoms with van der Waals surface area (Å²) in [6.45, 7) is 3.19. The van der Waals surface area contributed by atoms with Crippen molar-refractivity contribution in [3.63, 3.8) is 0 Å². The van der Waals surface area contributed by atoms with Crippen LogP contribution in [0.15, 0.2) is 24.5 Å². The van der Waals surface area contributed by atoms with Gasteiger partial charge in [0.25, 0.3) is 11.8 Å². The van der Waals surface area contributed by atoms with E-state index >= 15 is 4.39 Å². The number of carbonyl (C=O) groups is 1. The molecule has 0 N–H and O–H groups in total. The Morgan fingerprint density at radius 1 is 1.09 bits per heavy atom. The smallest absolute Gasteiger partial charge is 0.410 e. The van der Waals surface area contributed by atoms with Gasteiger partial charge in [-0.2, -0.15) is 14.4 Å². The fraction of sp³-hybridized carbons (Fsp3) is 0.500. The molecule has 2 aliphatic heterocycles. The molecule has 1 amide bonds. The molecule has 1 saturated carbocycles. The molecule has 3 fully saturated rings. The zero-order valence-corrected chi connectivity index (χ0v) is 17.8. The second-order valence-corrected chi connectivity index (χ2v) is 8.81. The molecule has 2 saturated heterocycles. The lowest BCUT2D eigenvalue weighted by Crippen LogP contribution is -2.59. The summed E-state index contributed by atoms with van der Waals surface area (Å²) < 4.78 is 64.9. The summed E-state index contributed by atoms with van der Waals surface area (Å²) >= 11 is 0. The molecule has 5 rings (SSSR count). The van der Waals surface area contributed by atoms with E-state index in [-0.39, 0.29) is 23.5 Å². The van der Waals surface area contributed by atoms with E-state index in [0.717, 1.165) is 37.4 Å². The molecule has 1 aliphatic carbocycles. The molecule has 2 unspecified atom stereocenters. The van der Waals surface area contributed by atoms with Crippen LogP contribution >= 0.6 is 0 Å². The Labute approximate surface area is 187 Å². The van der Waals surface area contributed by atoms with E-state index in [9.17, 15) is 13.6 Å². The Balaban J connectivity index is 1.31. The zero-order valence-electron chi connectivity index (χ0n) is 17.8. The molecular formula is C22H22F3N3O5. The van der Waals surface area contributed by atoms with E-state index in [1.54, 1.807) is 4.90 Å². The van der Waals surface area contributed by atoms with Crippen LogP contribution in [-0.2, 0) is 9.47 Å². The Hall–Kier alpha value is -3.08. The first-order chi connectivity index (χ1) is 15.8. The number of carbonyl (C=O) groups excluding carboxylic acids is 1. The largest absolute Gasteiger partial charge is 0.471 e. The summed E-state index contributed by atoms with van der Waals surface area (Å²) in [6, 6.07) is 3.13. The van der Waals surface area contributed by atoms with E-state index in [1.807, 2.05) is 6.92 Å². The third kappa shape index (κ3) is 4.41. The van der Waals surface area contributed by atoms with Gasteiger partial charge in [-0.25, -0.2) is 13.6 Å². The Morgan fingerprint density at radius 3 is 2.36 bits per heavy atom. The van der Waals surface area contributed by atoms with Crippen LogP contribution in [-0.4, -0.2) is 59.0 Å². The lowest BCUT2D eigenvalue weighted by Gasteiger charge is -2.45. The van der Waals surface area contributed by atoms with Crippen molar-refractivity contribution in [2.75, 3.05) is 26.3 Å². The topological polar surface area (TPSA) is 83.0 Å². The van der Waals surface area contributed by atoms with Crippen LogP contribution in [0.25, 0.3) is 0 Å². The van der Waals surface area contributed by atoms with Crippen molar-refractivity contribution >= 4 is 6.09 Å². The lowest BCUT2D eigenvalue weighted by molar-refractivity contribution is -0.112. The molecule has 11 heteroatoms. The molecule has 1 aromatic heterocycles. The third-order valence-corrected chi connectivity index (χ3v) is 6.14. The van der Waals surface area contributed by atoms with Gasteiger partial charge in [0, 0.05) is 24.9 Å². The van der Waals surface area contributed by atoms with E-state index in [4.69, 9.17) is 18.9 Å². The Kier molecular flexibility index (Phi) is 5.51. The molecule has 176 valence electrons. The monoisotopic (exact) mass is 465 g/mol. The first-order valence-electron chi connectivity index (χ1n) is 10.7. The number of para-hydroxylation sites is 1. The maximum Gasteiger partial charge on any atom is 0.410 e. The van der Waals surface area contributed by atoms with Gasteiger partial charge in [-0.05, 0) is 31.9 Å². The van der Waals surface area contributed by atoms with Crippen LogP contribution in [0, 0.1) is 29.3 Å². The molecule has 3 aliphatic rings. The van der Waals surface area contributed by atoms with E-state index in [1.165, 1.54) is 0 Å². The average Bonchev–Trinajstić information content (AvgIpc) is 3.49. The minimum Gasteiger partial charge on any atom is -0.471 e. The molecule has 33 heavy (non-hydrogen) atoms. The minimum absolute atomic E-state index is 0.236. The fourth-order valence-corrected chi connectivity index (χ4v) is 4.09. The minimum atomic E-state index is -1.08. The molecule has 2 aromatic rings. The zero-order chi connectivity index (χ0) is 23.2. The third-order valence-electron chi connectivity index (χ3n) is 6.14. The van der Waals surface area contributed by atoms with Crippen LogP contribution in [0.4, 0.5) is 18.0 Å². The Bertz CT molecular complexity index is 1030. The first kappa shape index (κ1) is 21.7. The number of aromatic nitrogens is 2. The van der Waals surface area contributed by atoms with Crippen molar-refractivity contribution < 1.29 is 36.9 Å². The molecule has 2 bridgehead atoms. The van der Waals surface area contributed by atoms with Crippen molar-refractivity contribution in [3.05, 3.63) is 42.0 Å². The summed E-state index contributed by atoms with van der Waals surface area (Å²) in [7, 11) is 0. The number of rotatable bonds is 5. The lowest BCUT2D eigenvalue weighted by atomic mass is 9.84. The van der Waals surface area contributed by atoms with Gasteiger partial charge in [0.15, 0.2) is 11.6 Å². The number of hydrogen-bond acceptors (Lipinski definition) is 7.